The first-order chi connectivity index (χ1) is 15.6. The molecule has 1 aliphatic heterocycles. The largest absolute Gasteiger partial charge is 0.459 e. The second-order valence-corrected chi connectivity index (χ2v) is 9.11. The number of morpholine rings is 1. The Balaban J connectivity index is 1.46. The maximum Gasteiger partial charge on any atom is 0.287 e. The van der Waals surface area contributed by atoms with E-state index < -0.39 is 0 Å². The van der Waals surface area contributed by atoms with Gasteiger partial charge in [-0.1, -0.05) is 19.3 Å². The van der Waals surface area contributed by atoms with E-state index in [0.717, 1.165) is 70.4 Å². The molecule has 8 nitrogen and oxygen atoms in total. The maximum absolute atomic E-state index is 12.1. The van der Waals surface area contributed by atoms with Crippen molar-refractivity contribution >= 4 is 11.9 Å². The van der Waals surface area contributed by atoms with Gasteiger partial charge in [-0.2, -0.15) is 0 Å². The van der Waals surface area contributed by atoms with Crippen LogP contribution in [0, 0.1) is 12.3 Å². The standard InChI is InChI=1S/C24H41N5O3/c1-3-25-23(27-12-7-11-26-22(30)21-20(2)8-15-32-21)28-18-24(9-5-4-6-10-24)19-29-13-16-31-17-14-29/h8,15H,3-7,9-14,16-19H2,1-2H3,(H,26,30)(H2,25,27,28). The van der Waals surface area contributed by atoms with Gasteiger partial charge in [0.1, 0.15) is 0 Å². The molecule has 3 N–H and O–H groups in total. The van der Waals surface area contributed by atoms with E-state index in [9.17, 15) is 4.79 Å². The van der Waals surface area contributed by atoms with E-state index in [4.69, 9.17) is 14.1 Å². The first-order valence-corrected chi connectivity index (χ1v) is 12.3. The minimum Gasteiger partial charge on any atom is -0.459 e. The van der Waals surface area contributed by atoms with Crippen molar-refractivity contribution < 1.29 is 13.9 Å². The molecule has 1 aliphatic carbocycles. The smallest absolute Gasteiger partial charge is 0.287 e. The normalized spacial score (nSPS) is 19.5. The Labute approximate surface area is 192 Å². The lowest BCUT2D eigenvalue weighted by Gasteiger charge is -2.41. The van der Waals surface area contributed by atoms with Gasteiger partial charge < -0.3 is 25.1 Å². The summed E-state index contributed by atoms with van der Waals surface area (Å²) in [6, 6.07) is 1.80. The fourth-order valence-electron chi connectivity index (χ4n) is 4.67. The highest BCUT2D eigenvalue weighted by atomic mass is 16.5. The molecule has 2 heterocycles. The molecular weight excluding hydrogens is 406 g/mol. The number of hydrogen-bond donors (Lipinski definition) is 3. The number of amides is 1. The number of aliphatic imine (C=N–C) groups is 1. The van der Waals surface area contributed by atoms with Crippen LogP contribution in [0.5, 0.6) is 0 Å². The molecule has 32 heavy (non-hydrogen) atoms. The van der Waals surface area contributed by atoms with Crippen LogP contribution in [0.4, 0.5) is 0 Å². The lowest BCUT2D eigenvalue weighted by molar-refractivity contribution is 0.00937. The van der Waals surface area contributed by atoms with Crippen molar-refractivity contribution in [2.24, 2.45) is 10.4 Å². The molecule has 1 amide bonds. The summed E-state index contributed by atoms with van der Waals surface area (Å²) in [6.07, 6.45) is 8.82. The van der Waals surface area contributed by atoms with E-state index in [2.05, 4.69) is 27.8 Å². The van der Waals surface area contributed by atoms with Gasteiger partial charge in [-0.25, -0.2) is 0 Å². The topological polar surface area (TPSA) is 91.1 Å². The lowest BCUT2D eigenvalue weighted by Crippen LogP contribution is -2.46. The highest BCUT2D eigenvalue weighted by Gasteiger charge is 2.34. The quantitative estimate of drug-likeness (QED) is 0.290. The van der Waals surface area contributed by atoms with Crippen LogP contribution < -0.4 is 16.0 Å². The number of aryl methyl sites for hydroxylation is 1. The van der Waals surface area contributed by atoms with Crippen LogP contribution in [-0.2, 0) is 4.74 Å². The van der Waals surface area contributed by atoms with E-state index in [0.29, 0.717) is 12.3 Å². The van der Waals surface area contributed by atoms with Crippen molar-refractivity contribution in [2.45, 2.75) is 52.4 Å². The van der Waals surface area contributed by atoms with Crippen molar-refractivity contribution in [3.8, 4) is 0 Å². The van der Waals surface area contributed by atoms with Crippen LogP contribution >= 0.6 is 0 Å². The molecule has 1 saturated heterocycles. The predicted molar refractivity (Wildman–Crippen MR) is 127 cm³/mol. The number of carbonyl (C=O) groups excluding carboxylic acids is 1. The molecule has 0 bridgehead atoms. The summed E-state index contributed by atoms with van der Waals surface area (Å²) in [5.41, 5.74) is 1.13. The second kappa shape index (κ2) is 12.8. The summed E-state index contributed by atoms with van der Waals surface area (Å²) in [4.78, 5) is 19.7. The van der Waals surface area contributed by atoms with Crippen molar-refractivity contribution in [3.63, 3.8) is 0 Å². The second-order valence-electron chi connectivity index (χ2n) is 9.11. The number of rotatable bonds is 10. The molecule has 2 fully saturated rings. The molecule has 0 unspecified atom stereocenters. The number of nitrogens with one attached hydrogen (secondary N) is 3. The molecule has 0 aromatic carbocycles. The summed E-state index contributed by atoms with van der Waals surface area (Å²) < 4.78 is 10.8. The Hall–Kier alpha value is -2.06. The number of guanidine groups is 1. The van der Waals surface area contributed by atoms with Gasteiger partial charge in [0.05, 0.1) is 19.5 Å². The van der Waals surface area contributed by atoms with Gasteiger partial charge in [0.2, 0.25) is 0 Å². The van der Waals surface area contributed by atoms with Gasteiger partial charge in [-0.3, -0.25) is 14.7 Å². The number of nitrogens with zero attached hydrogens (tertiary/aromatic N) is 2. The van der Waals surface area contributed by atoms with E-state index in [-0.39, 0.29) is 11.3 Å². The van der Waals surface area contributed by atoms with E-state index in [1.54, 1.807) is 12.3 Å². The van der Waals surface area contributed by atoms with Crippen LogP contribution in [0.1, 0.15) is 61.6 Å². The maximum atomic E-state index is 12.1. The zero-order valence-electron chi connectivity index (χ0n) is 19.9. The van der Waals surface area contributed by atoms with E-state index in [1.165, 1.54) is 32.1 Å². The van der Waals surface area contributed by atoms with E-state index >= 15 is 0 Å². The zero-order valence-corrected chi connectivity index (χ0v) is 19.9. The van der Waals surface area contributed by atoms with Crippen molar-refractivity contribution in [2.75, 3.05) is 59.0 Å². The average molecular weight is 448 g/mol. The monoisotopic (exact) mass is 447 g/mol. The summed E-state index contributed by atoms with van der Waals surface area (Å²) in [7, 11) is 0. The zero-order chi connectivity index (χ0) is 22.7. The molecule has 0 atom stereocenters. The Bertz CT molecular complexity index is 721. The Morgan fingerprint density at radius 1 is 1.12 bits per heavy atom. The van der Waals surface area contributed by atoms with Gasteiger partial charge in [0.15, 0.2) is 11.7 Å². The molecule has 0 radical (unpaired) electrons. The fourth-order valence-corrected chi connectivity index (χ4v) is 4.67. The molecule has 1 aromatic rings. The Kier molecular flexibility index (Phi) is 9.87. The summed E-state index contributed by atoms with van der Waals surface area (Å²) >= 11 is 0. The van der Waals surface area contributed by atoms with Gasteiger partial charge in [0, 0.05) is 56.8 Å². The Morgan fingerprint density at radius 3 is 2.56 bits per heavy atom. The highest BCUT2D eigenvalue weighted by molar-refractivity contribution is 5.92. The van der Waals surface area contributed by atoms with Gasteiger partial charge in [-0.05, 0) is 39.2 Å². The fraction of sp³-hybridized carbons (Fsp3) is 0.750. The van der Waals surface area contributed by atoms with Crippen LogP contribution in [0.15, 0.2) is 21.7 Å². The minimum atomic E-state index is -0.157. The molecule has 0 spiro atoms. The van der Waals surface area contributed by atoms with Crippen LogP contribution in [-0.4, -0.2) is 75.8 Å². The molecule has 180 valence electrons. The molecule has 2 aliphatic rings. The Morgan fingerprint density at radius 2 is 1.88 bits per heavy atom. The van der Waals surface area contributed by atoms with Gasteiger partial charge >= 0.3 is 0 Å². The minimum absolute atomic E-state index is 0.157. The number of hydrogen-bond acceptors (Lipinski definition) is 5. The molecular formula is C24H41N5O3. The van der Waals surface area contributed by atoms with Gasteiger partial charge in [0.25, 0.3) is 5.91 Å². The predicted octanol–water partition coefficient (Wildman–Crippen LogP) is 2.55. The third-order valence-electron chi connectivity index (χ3n) is 6.49. The summed E-state index contributed by atoms with van der Waals surface area (Å²) in [5.74, 6) is 1.11. The first-order valence-electron chi connectivity index (χ1n) is 12.3. The summed E-state index contributed by atoms with van der Waals surface area (Å²) in [5, 5.41) is 9.73. The number of ether oxygens (including phenoxy) is 1. The van der Waals surface area contributed by atoms with Gasteiger partial charge in [-0.15, -0.1) is 0 Å². The number of carbonyl (C=O) groups is 1. The molecule has 1 aromatic heterocycles. The molecule has 8 heteroatoms. The lowest BCUT2D eigenvalue weighted by atomic mass is 9.73. The van der Waals surface area contributed by atoms with Crippen LogP contribution in [0.25, 0.3) is 0 Å². The average Bonchev–Trinajstić information content (AvgIpc) is 3.24. The van der Waals surface area contributed by atoms with Crippen molar-refractivity contribution in [1.82, 2.24) is 20.9 Å². The summed E-state index contributed by atoms with van der Waals surface area (Å²) in [6.45, 7) is 11.9. The SMILES string of the molecule is CCNC(=NCC1(CN2CCOCC2)CCCCC1)NCCCNC(=O)c1occc1C. The van der Waals surface area contributed by atoms with Crippen molar-refractivity contribution in [1.29, 1.82) is 0 Å². The van der Waals surface area contributed by atoms with E-state index in [1.807, 2.05) is 6.92 Å². The van der Waals surface area contributed by atoms with Crippen molar-refractivity contribution in [3.05, 3.63) is 23.7 Å². The molecule has 3 rings (SSSR count). The molecule has 1 saturated carbocycles. The number of furan rings is 1. The van der Waals surface area contributed by atoms with Crippen LogP contribution in [0.2, 0.25) is 0 Å². The highest BCUT2D eigenvalue weighted by Crippen LogP contribution is 2.37. The first kappa shape index (κ1) is 24.6. The third-order valence-corrected chi connectivity index (χ3v) is 6.49. The third kappa shape index (κ3) is 7.52. The van der Waals surface area contributed by atoms with Crippen LogP contribution in [0.3, 0.4) is 0 Å².